The van der Waals surface area contributed by atoms with Gasteiger partial charge in [0.05, 0.1) is 11.7 Å². The minimum Gasteiger partial charge on any atom is -0.384 e. The van der Waals surface area contributed by atoms with Crippen LogP contribution in [0.15, 0.2) is 24.5 Å². The van der Waals surface area contributed by atoms with Gasteiger partial charge >= 0.3 is 0 Å². The second-order valence-electron chi connectivity index (χ2n) is 11.9. The van der Waals surface area contributed by atoms with E-state index in [-0.39, 0.29) is 35.9 Å². The van der Waals surface area contributed by atoms with Crippen molar-refractivity contribution in [1.82, 2.24) is 14.8 Å². The molecule has 0 aromatic carbocycles. The third kappa shape index (κ3) is 3.36. The molecule has 7 heteroatoms. The van der Waals surface area contributed by atoms with Crippen molar-refractivity contribution in [2.75, 3.05) is 0 Å². The van der Waals surface area contributed by atoms with Crippen LogP contribution in [-0.2, 0) is 11.3 Å². The maximum absolute atomic E-state index is 13.6. The van der Waals surface area contributed by atoms with Crippen molar-refractivity contribution >= 4 is 16.8 Å². The number of pyridine rings is 1. The zero-order valence-corrected chi connectivity index (χ0v) is 19.9. The van der Waals surface area contributed by atoms with Gasteiger partial charge in [-0.2, -0.15) is 5.10 Å². The van der Waals surface area contributed by atoms with Gasteiger partial charge in [-0.15, -0.1) is 0 Å². The van der Waals surface area contributed by atoms with Crippen LogP contribution in [0.25, 0.3) is 11.0 Å². The van der Waals surface area contributed by atoms with E-state index in [2.05, 4.69) is 17.0 Å². The lowest BCUT2D eigenvalue weighted by Crippen LogP contribution is -2.53. The van der Waals surface area contributed by atoms with E-state index in [9.17, 15) is 18.7 Å². The van der Waals surface area contributed by atoms with Crippen LogP contribution in [0.1, 0.15) is 64.7 Å². The van der Waals surface area contributed by atoms with Crippen molar-refractivity contribution < 1.29 is 18.7 Å². The van der Waals surface area contributed by atoms with Crippen molar-refractivity contribution in [2.24, 2.45) is 40.9 Å². The summed E-state index contributed by atoms with van der Waals surface area (Å²) in [5, 5.41) is 14.9. The van der Waals surface area contributed by atoms with E-state index < -0.39 is 12.0 Å². The van der Waals surface area contributed by atoms with Gasteiger partial charge in [0.15, 0.2) is 5.78 Å². The average Bonchev–Trinajstić information content (AvgIpc) is 3.39. The van der Waals surface area contributed by atoms with E-state index in [0.29, 0.717) is 30.2 Å². The number of carbonyl (C=O) groups is 1. The van der Waals surface area contributed by atoms with E-state index in [0.717, 1.165) is 56.0 Å². The summed E-state index contributed by atoms with van der Waals surface area (Å²) >= 11 is 0. The zero-order chi connectivity index (χ0) is 23.7. The van der Waals surface area contributed by atoms with Crippen molar-refractivity contribution in [3.05, 3.63) is 24.5 Å². The highest BCUT2D eigenvalue weighted by Crippen LogP contribution is 2.65. The quantitative estimate of drug-likeness (QED) is 0.660. The van der Waals surface area contributed by atoms with Gasteiger partial charge in [0.2, 0.25) is 0 Å². The topological polar surface area (TPSA) is 68.0 Å². The smallest absolute Gasteiger partial charge is 0.266 e. The van der Waals surface area contributed by atoms with Crippen molar-refractivity contribution in [3.63, 3.8) is 0 Å². The van der Waals surface area contributed by atoms with Gasteiger partial charge in [-0.1, -0.05) is 6.92 Å². The lowest BCUT2D eigenvalue weighted by atomic mass is 9.49. The molecule has 4 aliphatic carbocycles. The lowest BCUT2D eigenvalue weighted by molar-refractivity contribution is -0.160. The average molecular weight is 472 g/mol. The SMILES string of the molecule is C[C@]12CC[C@H]3[C@@H](CC[C@@H]4C[C@@](O)(C(F)F)CC[C@@H]43)[C@@H]1CC[C@@H]2C(=O)Cn1ncc2ncccc21. The molecule has 6 rings (SSSR count). The standard InChI is InChI=1S/C27H35F2N3O2/c1-26-10-8-18-17-9-11-27(34,25(28)29)13-16(17)4-5-19(18)20(26)6-7-21(26)24(33)15-32-23-3-2-12-30-22(23)14-31-32/h2-3,12,14,16-21,25,34H,4-11,13,15H2,1H3/t16-,17+,18-,19-,20+,21-,26+,27-/m1/s1. The molecule has 0 spiro atoms. The number of aromatic nitrogens is 3. The first-order valence-corrected chi connectivity index (χ1v) is 13.1. The second-order valence-corrected chi connectivity index (χ2v) is 11.9. The second kappa shape index (κ2) is 8.07. The molecular formula is C27H35F2N3O2. The molecule has 2 aromatic rings. The molecule has 4 aliphatic rings. The summed E-state index contributed by atoms with van der Waals surface area (Å²) in [6.07, 6.45) is 8.19. The van der Waals surface area contributed by atoms with Crippen LogP contribution in [0.4, 0.5) is 8.78 Å². The largest absolute Gasteiger partial charge is 0.384 e. The van der Waals surface area contributed by atoms with Crippen LogP contribution in [0.2, 0.25) is 0 Å². The molecule has 34 heavy (non-hydrogen) atoms. The Kier molecular flexibility index (Phi) is 5.36. The highest BCUT2D eigenvalue weighted by Gasteiger charge is 2.59. The van der Waals surface area contributed by atoms with Crippen LogP contribution < -0.4 is 0 Å². The number of rotatable bonds is 4. The zero-order valence-electron chi connectivity index (χ0n) is 19.9. The Morgan fingerprint density at radius 1 is 1.15 bits per heavy atom. The summed E-state index contributed by atoms with van der Waals surface area (Å²) in [6.45, 7) is 2.64. The number of aliphatic hydroxyl groups is 1. The Hall–Kier alpha value is -1.89. The van der Waals surface area contributed by atoms with Gasteiger partial charge in [0.1, 0.15) is 17.7 Å². The molecule has 0 amide bonds. The van der Waals surface area contributed by atoms with Crippen LogP contribution in [-0.4, -0.2) is 37.7 Å². The molecule has 184 valence electrons. The Morgan fingerprint density at radius 2 is 1.97 bits per heavy atom. The molecule has 0 unspecified atom stereocenters. The van der Waals surface area contributed by atoms with E-state index in [1.807, 2.05) is 12.1 Å². The summed E-state index contributed by atoms with van der Waals surface area (Å²) in [4.78, 5) is 17.9. The normalized spacial score (nSPS) is 41.8. The van der Waals surface area contributed by atoms with E-state index in [1.165, 1.54) is 0 Å². The Labute approximate surface area is 199 Å². The van der Waals surface area contributed by atoms with Crippen molar-refractivity contribution in [1.29, 1.82) is 0 Å². The molecule has 0 aliphatic heterocycles. The number of nitrogens with zero attached hydrogens (tertiary/aromatic N) is 3. The molecule has 2 heterocycles. The highest BCUT2D eigenvalue weighted by molar-refractivity contribution is 5.84. The van der Waals surface area contributed by atoms with Gasteiger partial charge in [0, 0.05) is 12.1 Å². The Morgan fingerprint density at radius 3 is 2.79 bits per heavy atom. The third-order valence-electron chi connectivity index (χ3n) is 10.6. The van der Waals surface area contributed by atoms with Crippen LogP contribution in [0, 0.1) is 40.9 Å². The molecule has 0 bridgehead atoms. The van der Waals surface area contributed by atoms with Gasteiger partial charge < -0.3 is 5.11 Å². The third-order valence-corrected chi connectivity index (χ3v) is 10.6. The minimum atomic E-state index is -2.65. The van der Waals surface area contributed by atoms with Crippen LogP contribution in [0.3, 0.4) is 0 Å². The van der Waals surface area contributed by atoms with Gasteiger partial charge in [-0.25, -0.2) is 8.78 Å². The number of Topliss-reactive ketones (excluding diaryl/α,β-unsaturated/α-hetero) is 1. The van der Waals surface area contributed by atoms with Gasteiger partial charge in [0.25, 0.3) is 6.43 Å². The fourth-order valence-corrected chi connectivity index (χ4v) is 8.93. The van der Waals surface area contributed by atoms with E-state index >= 15 is 0 Å². The van der Waals surface area contributed by atoms with E-state index in [4.69, 9.17) is 0 Å². The summed E-state index contributed by atoms with van der Waals surface area (Å²) in [5.41, 5.74) is -0.0493. The minimum absolute atomic E-state index is 0.0185. The Balaban J connectivity index is 1.18. The maximum atomic E-state index is 13.6. The molecule has 8 atom stereocenters. The van der Waals surface area contributed by atoms with Gasteiger partial charge in [-0.05, 0) is 105 Å². The first kappa shape index (κ1) is 22.6. The number of hydrogen-bond acceptors (Lipinski definition) is 4. The monoisotopic (exact) mass is 471 g/mol. The van der Waals surface area contributed by atoms with E-state index in [1.54, 1.807) is 17.1 Å². The summed E-state index contributed by atoms with van der Waals surface area (Å²) in [5.74, 6) is 2.71. The summed E-state index contributed by atoms with van der Waals surface area (Å²) in [7, 11) is 0. The molecule has 4 fully saturated rings. The number of hydrogen-bond donors (Lipinski definition) is 1. The number of ketones is 1. The van der Waals surface area contributed by atoms with Crippen molar-refractivity contribution in [3.8, 4) is 0 Å². The summed E-state index contributed by atoms with van der Waals surface area (Å²) < 4.78 is 28.7. The molecule has 0 saturated heterocycles. The predicted octanol–water partition coefficient (Wildman–Crippen LogP) is 5.27. The number of alkyl halides is 2. The van der Waals surface area contributed by atoms with Crippen LogP contribution >= 0.6 is 0 Å². The molecule has 2 aromatic heterocycles. The number of halogens is 2. The number of carbonyl (C=O) groups excluding carboxylic acids is 1. The fraction of sp³-hybridized carbons (Fsp3) is 0.741. The maximum Gasteiger partial charge on any atom is 0.266 e. The molecular weight excluding hydrogens is 436 g/mol. The highest BCUT2D eigenvalue weighted by atomic mass is 19.3. The van der Waals surface area contributed by atoms with Crippen LogP contribution in [0.5, 0.6) is 0 Å². The lowest BCUT2D eigenvalue weighted by Gasteiger charge is -2.57. The first-order valence-electron chi connectivity index (χ1n) is 13.1. The molecule has 1 N–H and O–H groups in total. The first-order chi connectivity index (χ1) is 16.3. The summed E-state index contributed by atoms with van der Waals surface area (Å²) in [6, 6.07) is 3.84. The van der Waals surface area contributed by atoms with Crippen molar-refractivity contribution in [2.45, 2.75) is 83.3 Å². The fourth-order valence-electron chi connectivity index (χ4n) is 8.93. The number of fused-ring (bicyclic) bond motifs is 6. The molecule has 0 radical (unpaired) electrons. The molecule has 5 nitrogen and oxygen atoms in total. The van der Waals surface area contributed by atoms with Gasteiger partial charge in [-0.3, -0.25) is 14.5 Å². The predicted molar refractivity (Wildman–Crippen MR) is 124 cm³/mol. The molecule has 4 saturated carbocycles. The Bertz CT molecular complexity index is 1090.